The lowest BCUT2D eigenvalue weighted by Crippen LogP contribution is -2.36. The largest absolute Gasteiger partial charge is 0.379 e. The van der Waals surface area contributed by atoms with Crippen LogP contribution in [0.15, 0.2) is 53.0 Å². The van der Waals surface area contributed by atoms with E-state index in [2.05, 4.69) is 20.8 Å². The SMILES string of the molecule is O=C(c1cccc(Br)c1)c1ccccc1CN1CCOCC1. The van der Waals surface area contributed by atoms with Gasteiger partial charge in [-0.25, -0.2) is 0 Å². The molecule has 3 rings (SSSR count). The molecule has 22 heavy (non-hydrogen) atoms. The maximum Gasteiger partial charge on any atom is 0.193 e. The molecule has 0 bridgehead atoms. The van der Waals surface area contributed by atoms with Crippen LogP contribution in [0.3, 0.4) is 0 Å². The molecule has 1 aliphatic rings. The Kier molecular flexibility index (Phi) is 5.03. The number of morpholine rings is 1. The molecule has 0 atom stereocenters. The summed E-state index contributed by atoms with van der Waals surface area (Å²) in [5.41, 5.74) is 2.57. The predicted molar refractivity (Wildman–Crippen MR) is 90.1 cm³/mol. The highest BCUT2D eigenvalue weighted by Gasteiger charge is 2.17. The Bertz CT molecular complexity index is 666. The maximum atomic E-state index is 12.8. The Morgan fingerprint density at radius 1 is 1.09 bits per heavy atom. The highest BCUT2D eigenvalue weighted by molar-refractivity contribution is 9.10. The van der Waals surface area contributed by atoms with E-state index in [-0.39, 0.29) is 5.78 Å². The van der Waals surface area contributed by atoms with Crippen LogP contribution in [-0.4, -0.2) is 37.0 Å². The lowest BCUT2D eigenvalue weighted by Gasteiger charge is -2.27. The van der Waals surface area contributed by atoms with Crippen molar-refractivity contribution < 1.29 is 9.53 Å². The Labute approximate surface area is 139 Å². The quantitative estimate of drug-likeness (QED) is 0.782. The van der Waals surface area contributed by atoms with Gasteiger partial charge in [0.15, 0.2) is 5.78 Å². The van der Waals surface area contributed by atoms with Gasteiger partial charge in [0.25, 0.3) is 0 Å². The number of ether oxygens (including phenoxy) is 1. The predicted octanol–water partition coefficient (Wildman–Crippen LogP) is 3.51. The third-order valence-corrected chi connectivity index (χ3v) is 4.34. The lowest BCUT2D eigenvalue weighted by atomic mass is 9.98. The lowest BCUT2D eigenvalue weighted by molar-refractivity contribution is 0.0341. The van der Waals surface area contributed by atoms with Gasteiger partial charge in [-0.1, -0.05) is 52.3 Å². The van der Waals surface area contributed by atoms with Crippen molar-refractivity contribution in [3.05, 3.63) is 69.7 Å². The molecule has 2 aromatic carbocycles. The smallest absolute Gasteiger partial charge is 0.193 e. The van der Waals surface area contributed by atoms with Gasteiger partial charge in [0, 0.05) is 35.2 Å². The van der Waals surface area contributed by atoms with Crippen molar-refractivity contribution in [3.8, 4) is 0 Å². The first-order valence-electron chi connectivity index (χ1n) is 7.42. The second-order valence-electron chi connectivity index (χ2n) is 5.39. The van der Waals surface area contributed by atoms with Crippen molar-refractivity contribution in [1.82, 2.24) is 4.90 Å². The molecule has 0 unspecified atom stereocenters. The summed E-state index contributed by atoms with van der Waals surface area (Å²) < 4.78 is 6.30. The molecule has 114 valence electrons. The second-order valence-corrected chi connectivity index (χ2v) is 6.30. The van der Waals surface area contributed by atoms with E-state index in [1.165, 1.54) is 0 Å². The van der Waals surface area contributed by atoms with Gasteiger partial charge in [0.1, 0.15) is 0 Å². The van der Waals surface area contributed by atoms with Crippen LogP contribution in [0, 0.1) is 0 Å². The summed E-state index contributed by atoms with van der Waals surface area (Å²) in [6.07, 6.45) is 0. The summed E-state index contributed by atoms with van der Waals surface area (Å²) >= 11 is 3.43. The maximum absolute atomic E-state index is 12.8. The Morgan fingerprint density at radius 2 is 1.86 bits per heavy atom. The van der Waals surface area contributed by atoms with Crippen LogP contribution < -0.4 is 0 Å². The molecule has 4 heteroatoms. The molecule has 0 saturated carbocycles. The molecule has 1 aliphatic heterocycles. The zero-order chi connectivity index (χ0) is 15.4. The standard InChI is InChI=1S/C18H18BrNO2/c19-16-6-3-5-14(12-16)18(21)17-7-2-1-4-15(17)13-20-8-10-22-11-9-20/h1-7,12H,8-11,13H2. The summed E-state index contributed by atoms with van der Waals surface area (Å²) in [5.74, 6) is 0.0742. The fourth-order valence-electron chi connectivity index (χ4n) is 2.67. The molecule has 1 heterocycles. The molecule has 1 fully saturated rings. The molecule has 0 aliphatic carbocycles. The zero-order valence-corrected chi connectivity index (χ0v) is 13.9. The third kappa shape index (κ3) is 3.64. The Hall–Kier alpha value is -1.49. The van der Waals surface area contributed by atoms with Gasteiger partial charge >= 0.3 is 0 Å². The number of hydrogen-bond acceptors (Lipinski definition) is 3. The number of carbonyl (C=O) groups is 1. The highest BCUT2D eigenvalue weighted by atomic mass is 79.9. The molecule has 2 aromatic rings. The highest BCUT2D eigenvalue weighted by Crippen LogP contribution is 2.19. The van der Waals surface area contributed by atoms with Gasteiger partial charge in [-0.15, -0.1) is 0 Å². The van der Waals surface area contributed by atoms with Crippen LogP contribution in [0.4, 0.5) is 0 Å². The Morgan fingerprint density at radius 3 is 2.64 bits per heavy atom. The third-order valence-electron chi connectivity index (χ3n) is 3.85. The number of rotatable bonds is 4. The number of carbonyl (C=O) groups excluding carboxylic acids is 1. The topological polar surface area (TPSA) is 29.5 Å². The van der Waals surface area contributed by atoms with E-state index in [4.69, 9.17) is 4.74 Å². The molecule has 0 aromatic heterocycles. The van der Waals surface area contributed by atoms with E-state index in [0.717, 1.165) is 48.4 Å². The van der Waals surface area contributed by atoms with E-state index in [0.29, 0.717) is 5.56 Å². The molecular weight excluding hydrogens is 342 g/mol. The van der Waals surface area contributed by atoms with Gasteiger partial charge in [-0.05, 0) is 17.7 Å². The van der Waals surface area contributed by atoms with Gasteiger partial charge in [-0.3, -0.25) is 9.69 Å². The van der Waals surface area contributed by atoms with Crippen molar-refractivity contribution in [2.24, 2.45) is 0 Å². The van der Waals surface area contributed by atoms with Crippen molar-refractivity contribution >= 4 is 21.7 Å². The minimum atomic E-state index is 0.0742. The van der Waals surface area contributed by atoms with Crippen molar-refractivity contribution in [2.75, 3.05) is 26.3 Å². The molecule has 1 saturated heterocycles. The average Bonchev–Trinajstić information content (AvgIpc) is 2.56. The van der Waals surface area contributed by atoms with Gasteiger partial charge in [0.05, 0.1) is 13.2 Å². The van der Waals surface area contributed by atoms with Crippen molar-refractivity contribution in [1.29, 1.82) is 0 Å². The summed E-state index contributed by atoms with van der Waals surface area (Å²) in [4.78, 5) is 15.1. The van der Waals surface area contributed by atoms with E-state index in [9.17, 15) is 4.79 Å². The van der Waals surface area contributed by atoms with Crippen LogP contribution in [0.1, 0.15) is 21.5 Å². The van der Waals surface area contributed by atoms with Gasteiger partial charge < -0.3 is 4.74 Å². The molecule has 0 spiro atoms. The van der Waals surface area contributed by atoms with Crippen LogP contribution in [0.5, 0.6) is 0 Å². The van der Waals surface area contributed by atoms with Crippen LogP contribution in [0.2, 0.25) is 0 Å². The van der Waals surface area contributed by atoms with Crippen molar-refractivity contribution in [2.45, 2.75) is 6.54 Å². The number of halogens is 1. The molecule has 0 radical (unpaired) electrons. The normalized spacial score (nSPS) is 15.7. The molecule has 0 amide bonds. The fourth-order valence-corrected chi connectivity index (χ4v) is 3.06. The van der Waals surface area contributed by atoms with Crippen LogP contribution in [-0.2, 0) is 11.3 Å². The second kappa shape index (κ2) is 7.18. The number of benzene rings is 2. The molecular formula is C18H18BrNO2. The minimum absolute atomic E-state index is 0.0742. The van der Waals surface area contributed by atoms with Gasteiger partial charge in [-0.2, -0.15) is 0 Å². The molecule has 3 nitrogen and oxygen atoms in total. The number of nitrogens with zero attached hydrogens (tertiary/aromatic N) is 1. The first kappa shape index (κ1) is 15.4. The van der Waals surface area contributed by atoms with E-state index in [1.807, 2.05) is 48.5 Å². The van der Waals surface area contributed by atoms with Crippen LogP contribution >= 0.6 is 15.9 Å². The average molecular weight is 360 g/mol. The summed E-state index contributed by atoms with van der Waals surface area (Å²) in [6, 6.07) is 15.4. The van der Waals surface area contributed by atoms with Crippen molar-refractivity contribution in [3.63, 3.8) is 0 Å². The summed E-state index contributed by atoms with van der Waals surface area (Å²) in [6.45, 7) is 4.15. The minimum Gasteiger partial charge on any atom is -0.379 e. The first-order chi connectivity index (χ1) is 10.7. The zero-order valence-electron chi connectivity index (χ0n) is 12.3. The first-order valence-corrected chi connectivity index (χ1v) is 8.21. The van der Waals surface area contributed by atoms with E-state index < -0.39 is 0 Å². The summed E-state index contributed by atoms with van der Waals surface area (Å²) in [5, 5.41) is 0. The van der Waals surface area contributed by atoms with E-state index in [1.54, 1.807) is 0 Å². The van der Waals surface area contributed by atoms with E-state index >= 15 is 0 Å². The monoisotopic (exact) mass is 359 g/mol. The van der Waals surface area contributed by atoms with Gasteiger partial charge in [0.2, 0.25) is 0 Å². The molecule has 0 N–H and O–H groups in total. The number of ketones is 1. The Balaban J connectivity index is 1.85. The summed E-state index contributed by atoms with van der Waals surface area (Å²) in [7, 11) is 0. The number of hydrogen-bond donors (Lipinski definition) is 0. The van der Waals surface area contributed by atoms with Crippen LogP contribution in [0.25, 0.3) is 0 Å². The fraction of sp³-hybridized carbons (Fsp3) is 0.278.